The van der Waals surface area contributed by atoms with Crippen LogP contribution in [0.1, 0.15) is 30.3 Å². The number of nitrogens with one attached hydrogen (secondary N) is 1. The summed E-state index contributed by atoms with van der Waals surface area (Å²) < 4.78 is 3.58. The minimum Gasteiger partial charge on any atom is -0.391 e. The van der Waals surface area contributed by atoms with Crippen molar-refractivity contribution in [2.45, 2.75) is 25.9 Å². The summed E-state index contributed by atoms with van der Waals surface area (Å²) in [4.78, 5) is 11.3. The van der Waals surface area contributed by atoms with Gasteiger partial charge in [0.1, 0.15) is 0 Å². The van der Waals surface area contributed by atoms with E-state index in [4.69, 9.17) is 0 Å². The molecular weight excluding hydrogens is 202 g/mol. The van der Waals surface area contributed by atoms with Crippen molar-refractivity contribution < 1.29 is 9.90 Å². The van der Waals surface area contributed by atoms with Crippen molar-refractivity contribution in [2.24, 2.45) is 0 Å². The van der Waals surface area contributed by atoms with Crippen LogP contribution in [0, 0.1) is 0 Å². The quantitative estimate of drug-likeness (QED) is 0.747. The SMILES string of the molecule is CCCC(O)CNC(=O)c1csnn1. The van der Waals surface area contributed by atoms with Crippen LogP contribution >= 0.6 is 11.5 Å². The Morgan fingerprint density at radius 2 is 2.57 bits per heavy atom. The van der Waals surface area contributed by atoms with E-state index in [9.17, 15) is 9.90 Å². The summed E-state index contributed by atoms with van der Waals surface area (Å²) in [6, 6.07) is 0. The third kappa shape index (κ3) is 3.39. The van der Waals surface area contributed by atoms with Gasteiger partial charge in [-0.2, -0.15) is 0 Å². The fraction of sp³-hybridized carbons (Fsp3) is 0.625. The number of aliphatic hydroxyl groups excluding tert-OH is 1. The van der Waals surface area contributed by atoms with Gasteiger partial charge >= 0.3 is 0 Å². The Labute approximate surface area is 86.3 Å². The predicted octanol–water partition coefficient (Wildman–Crippen LogP) is 0.429. The smallest absolute Gasteiger partial charge is 0.272 e. The van der Waals surface area contributed by atoms with Gasteiger partial charge in [0.15, 0.2) is 5.69 Å². The monoisotopic (exact) mass is 215 g/mol. The van der Waals surface area contributed by atoms with Crippen LogP contribution in [0.5, 0.6) is 0 Å². The standard InChI is InChI=1S/C8H13N3O2S/c1-2-3-6(12)4-9-8(13)7-5-14-11-10-7/h5-6,12H,2-4H2,1H3,(H,9,13). The maximum atomic E-state index is 11.3. The van der Waals surface area contributed by atoms with E-state index in [-0.39, 0.29) is 12.5 Å². The number of carbonyl (C=O) groups is 1. The lowest BCUT2D eigenvalue weighted by Crippen LogP contribution is -2.32. The zero-order valence-electron chi connectivity index (χ0n) is 7.93. The molecule has 14 heavy (non-hydrogen) atoms. The molecule has 0 aliphatic rings. The van der Waals surface area contributed by atoms with Crippen LogP contribution in [-0.4, -0.2) is 33.2 Å². The molecule has 1 heterocycles. The van der Waals surface area contributed by atoms with Crippen molar-refractivity contribution in [3.8, 4) is 0 Å². The first-order valence-corrected chi connectivity index (χ1v) is 5.31. The summed E-state index contributed by atoms with van der Waals surface area (Å²) >= 11 is 1.13. The zero-order chi connectivity index (χ0) is 10.4. The number of amides is 1. The number of aliphatic hydroxyl groups is 1. The molecule has 0 radical (unpaired) electrons. The van der Waals surface area contributed by atoms with Gasteiger partial charge in [-0.25, -0.2) is 0 Å². The number of hydrogen-bond acceptors (Lipinski definition) is 5. The summed E-state index contributed by atoms with van der Waals surface area (Å²) in [5, 5.41) is 17.1. The van der Waals surface area contributed by atoms with Gasteiger partial charge in [-0.3, -0.25) is 4.79 Å². The topological polar surface area (TPSA) is 75.1 Å². The van der Waals surface area contributed by atoms with Crippen molar-refractivity contribution in [3.05, 3.63) is 11.1 Å². The van der Waals surface area contributed by atoms with Crippen molar-refractivity contribution in [2.75, 3.05) is 6.54 Å². The second-order valence-corrected chi connectivity index (χ2v) is 3.55. The van der Waals surface area contributed by atoms with Gasteiger partial charge in [0.25, 0.3) is 5.91 Å². The largest absolute Gasteiger partial charge is 0.391 e. The first kappa shape index (κ1) is 11.1. The summed E-state index contributed by atoms with van der Waals surface area (Å²) in [5.41, 5.74) is 0.304. The molecule has 78 valence electrons. The average Bonchev–Trinajstić information content (AvgIpc) is 2.67. The average molecular weight is 215 g/mol. The number of nitrogens with zero attached hydrogens (tertiary/aromatic N) is 2. The molecular formula is C8H13N3O2S. The lowest BCUT2D eigenvalue weighted by Gasteiger charge is -2.09. The Balaban J connectivity index is 2.28. The van der Waals surface area contributed by atoms with Crippen molar-refractivity contribution >= 4 is 17.4 Å². The van der Waals surface area contributed by atoms with Crippen LogP contribution in [0.25, 0.3) is 0 Å². The van der Waals surface area contributed by atoms with E-state index in [1.165, 1.54) is 0 Å². The molecule has 1 aromatic rings. The van der Waals surface area contributed by atoms with Gasteiger partial charge in [-0.15, -0.1) is 5.10 Å². The molecule has 1 rings (SSSR count). The molecule has 0 saturated heterocycles. The van der Waals surface area contributed by atoms with Crippen LogP contribution in [0.15, 0.2) is 5.38 Å². The second kappa shape index (κ2) is 5.66. The molecule has 0 aliphatic heterocycles. The predicted molar refractivity (Wildman–Crippen MR) is 53.2 cm³/mol. The molecule has 0 saturated carbocycles. The lowest BCUT2D eigenvalue weighted by molar-refractivity contribution is 0.0905. The zero-order valence-corrected chi connectivity index (χ0v) is 8.75. The Bertz CT molecular complexity index is 276. The molecule has 0 aliphatic carbocycles. The summed E-state index contributed by atoms with van der Waals surface area (Å²) in [5.74, 6) is -0.283. The van der Waals surface area contributed by atoms with Crippen molar-refractivity contribution in [3.63, 3.8) is 0 Å². The third-order valence-corrected chi connectivity index (χ3v) is 2.22. The number of hydrogen-bond donors (Lipinski definition) is 2. The van der Waals surface area contributed by atoms with Crippen LogP contribution in [-0.2, 0) is 0 Å². The Morgan fingerprint density at radius 3 is 3.14 bits per heavy atom. The normalized spacial score (nSPS) is 12.4. The van der Waals surface area contributed by atoms with E-state index in [2.05, 4.69) is 14.9 Å². The molecule has 0 bridgehead atoms. The van der Waals surface area contributed by atoms with Crippen molar-refractivity contribution in [1.82, 2.24) is 14.9 Å². The molecule has 1 unspecified atom stereocenters. The highest BCUT2D eigenvalue weighted by Crippen LogP contribution is 1.98. The molecule has 2 N–H and O–H groups in total. The van der Waals surface area contributed by atoms with Gasteiger partial charge in [0.2, 0.25) is 0 Å². The molecule has 1 atom stereocenters. The van der Waals surface area contributed by atoms with Crippen LogP contribution in [0.2, 0.25) is 0 Å². The second-order valence-electron chi connectivity index (χ2n) is 2.94. The molecule has 5 nitrogen and oxygen atoms in total. The van der Waals surface area contributed by atoms with Gasteiger partial charge in [0, 0.05) is 11.9 Å². The molecule has 0 spiro atoms. The number of aromatic nitrogens is 2. The highest BCUT2D eigenvalue weighted by Gasteiger charge is 2.10. The Morgan fingerprint density at radius 1 is 1.79 bits per heavy atom. The Kier molecular flexibility index (Phi) is 4.48. The number of carbonyl (C=O) groups excluding carboxylic acids is 1. The minimum absolute atomic E-state index is 0.268. The van der Waals surface area contributed by atoms with E-state index in [0.29, 0.717) is 12.1 Å². The highest BCUT2D eigenvalue weighted by molar-refractivity contribution is 7.03. The fourth-order valence-electron chi connectivity index (χ4n) is 1.000. The molecule has 1 aromatic heterocycles. The van der Waals surface area contributed by atoms with E-state index >= 15 is 0 Å². The van der Waals surface area contributed by atoms with Crippen LogP contribution in [0.4, 0.5) is 0 Å². The molecule has 0 fully saturated rings. The van der Waals surface area contributed by atoms with Gasteiger partial charge in [-0.1, -0.05) is 17.8 Å². The lowest BCUT2D eigenvalue weighted by atomic mass is 10.2. The van der Waals surface area contributed by atoms with Crippen LogP contribution in [0.3, 0.4) is 0 Å². The van der Waals surface area contributed by atoms with E-state index in [1.54, 1.807) is 5.38 Å². The van der Waals surface area contributed by atoms with E-state index in [0.717, 1.165) is 18.0 Å². The molecule has 0 aromatic carbocycles. The summed E-state index contributed by atoms with van der Waals surface area (Å²) in [7, 11) is 0. The van der Waals surface area contributed by atoms with Gasteiger partial charge < -0.3 is 10.4 Å². The fourth-order valence-corrected chi connectivity index (χ4v) is 1.44. The van der Waals surface area contributed by atoms with E-state index in [1.807, 2.05) is 6.92 Å². The maximum absolute atomic E-state index is 11.3. The summed E-state index contributed by atoms with van der Waals surface area (Å²) in [6.45, 7) is 2.25. The highest BCUT2D eigenvalue weighted by atomic mass is 32.1. The summed E-state index contributed by atoms with van der Waals surface area (Å²) in [6.07, 6.45) is 1.11. The van der Waals surface area contributed by atoms with Crippen molar-refractivity contribution in [1.29, 1.82) is 0 Å². The van der Waals surface area contributed by atoms with E-state index < -0.39 is 6.10 Å². The first-order chi connectivity index (χ1) is 6.74. The number of rotatable bonds is 5. The van der Waals surface area contributed by atoms with Gasteiger partial charge in [-0.05, 0) is 18.0 Å². The third-order valence-electron chi connectivity index (χ3n) is 1.71. The van der Waals surface area contributed by atoms with Gasteiger partial charge in [0.05, 0.1) is 6.10 Å². The first-order valence-electron chi connectivity index (χ1n) is 4.47. The van der Waals surface area contributed by atoms with Crippen LogP contribution < -0.4 is 5.32 Å². The Hall–Kier alpha value is -1.01. The molecule has 6 heteroatoms. The minimum atomic E-state index is -0.476. The molecule has 1 amide bonds. The maximum Gasteiger partial charge on any atom is 0.272 e.